The maximum atomic E-state index is 12.0. The number of amides is 1. The Morgan fingerprint density at radius 2 is 1.96 bits per heavy atom. The Bertz CT molecular complexity index is 714. The second kappa shape index (κ2) is 5.61. The molecule has 4 bridgehead atoms. The quantitative estimate of drug-likeness (QED) is 0.920. The minimum absolute atomic E-state index is 0.111. The maximum Gasteiger partial charge on any atom is 0.248 e. The number of hydrogen-bond donors (Lipinski definition) is 1. The lowest BCUT2D eigenvalue weighted by Crippen LogP contribution is -2.43. The van der Waals surface area contributed by atoms with Gasteiger partial charge < -0.3 is 5.32 Å². The molecule has 4 saturated carbocycles. The van der Waals surface area contributed by atoms with E-state index in [2.05, 4.69) is 25.8 Å². The second-order valence-electron chi connectivity index (χ2n) is 7.58. The van der Waals surface area contributed by atoms with Crippen LogP contribution in [0.25, 0.3) is 0 Å². The summed E-state index contributed by atoms with van der Waals surface area (Å²) in [6, 6.07) is 0. The van der Waals surface area contributed by atoms with Gasteiger partial charge in [-0.1, -0.05) is 0 Å². The second-order valence-corrected chi connectivity index (χ2v) is 8.64. The molecule has 0 spiro atoms. The van der Waals surface area contributed by atoms with E-state index in [1.165, 1.54) is 48.0 Å². The summed E-state index contributed by atoms with van der Waals surface area (Å²) in [5, 5.41) is 14.3. The highest BCUT2D eigenvalue weighted by molar-refractivity contribution is 7.15. The van der Waals surface area contributed by atoms with Gasteiger partial charge >= 0.3 is 0 Å². The third-order valence-corrected chi connectivity index (χ3v) is 7.04. The van der Waals surface area contributed by atoms with E-state index >= 15 is 0 Å². The predicted molar refractivity (Wildman–Crippen MR) is 88.3 cm³/mol. The molecule has 6 rings (SSSR count). The zero-order valence-corrected chi connectivity index (χ0v) is 14.2. The zero-order valence-electron chi connectivity index (χ0n) is 13.3. The molecule has 2 aromatic heterocycles. The first-order valence-corrected chi connectivity index (χ1v) is 9.52. The van der Waals surface area contributed by atoms with Gasteiger partial charge in [-0.2, -0.15) is 0 Å². The smallest absolute Gasteiger partial charge is 0.248 e. The fourth-order valence-corrected chi connectivity index (χ4v) is 6.57. The van der Waals surface area contributed by atoms with Crippen molar-refractivity contribution in [3.05, 3.63) is 17.4 Å². The Morgan fingerprint density at radius 1 is 1.21 bits per heavy atom. The summed E-state index contributed by atoms with van der Waals surface area (Å²) in [5.74, 6) is 4.16. The van der Waals surface area contributed by atoms with Crippen LogP contribution in [-0.2, 0) is 11.3 Å². The maximum absolute atomic E-state index is 12.0. The normalized spacial score (nSPS) is 33.8. The van der Waals surface area contributed by atoms with Crippen molar-refractivity contribution < 1.29 is 4.79 Å². The lowest BCUT2D eigenvalue weighted by molar-refractivity contribution is -0.116. The van der Waals surface area contributed by atoms with E-state index in [1.807, 2.05) is 6.20 Å². The van der Waals surface area contributed by atoms with Gasteiger partial charge in [0.05, 0.1) is 0 Å². The monoisotopic (exact) mass is 344 g/mol. The molecular weight excluding hydrogens is 324 g/mol. The number of anilines is 1. The first-order valence-electron chi connectivity index (χ1n) is 8.71. The van der Waals surface area contributed by atoms with Gasteiger partial charge in [-0.15, -0.1) is 16.4 Å². The molecule has 4 aliphatic carbocycles. The van der Waals surface area contributed by atoms with Crippen molar-refractivity contribution in [1.29, 1.82) is 0 Å². The van der Waals surface area contributed by atoms with Gasteiger partial charge in [-0.3, -0.25) is 4.79 Å². The molecule has 0 aliphatic heterocycles. The Morgan fingerprint density at radius 3 is 2.62 bits per heavy atom. The van der Waals surface area contributed by atoms with Gasteiger partial charge in [-0.25, -0.2) is 9.67 Å². The molecule has 0 aromatic carbocycles. The summed E-state index contributed by atoms with van der Waals surface area (Å²) in [5.41, 5.74) is 0. The number of tetrazole rings is 1. The molecule has 1 amide bonds. The van der Waals surface area contributed by atoms with Crippen LogP contribution in [0.15, 0.2) is 12.5 Å². The van der Waals surface area contributed by atoms with Crippen LogP contribution in [0.3, 0.4) is 0 Å². The summed E-state index contributed by atoms with van der Waals surface area (Å²) in [4.78, 5) is 17.9. The average molecular weight is 344 g/mol. The number of carbonyl (C=O) groups is 1. The molecule has 4 aliphatic rings. The number of nitrogens with zero attached hydrogens (tertiary/aromatic N) is 5. The third kappa shape index (κ3) is 2.53. The van der Waals surface area contributed by atoms with E-state index in [0.717, 1.165) is 23.7 Å². The summed E-state index contributed by atoms with van der Waals surface area (Å²) >= 11 is 1.65. The molecule has 1 N–H and O–H groups in total. The Kier molecular flexibility index (Phi) is 3.39. The lowest BCUT2D eigenvalue weighted by atomic mass is 9.52. The van der Waals surface area contributed by atoms with Crippen molar-refractivity contribution in [2.75, 3.05) is 5.32 Å². The van der Waals surface area contributed by atoms with Crippen molar-refractivity contribution in [3.63, 3.8) is 0 Å². The number of thiazole rings is 1. The van der Waals surface area contributed by atoms with Crippen LogP contribution in [-0.4, -0.2) is 31.1 Å². The number of hydrogen-bond acceptors (Lipinski definition) is 6. The van der Waals surface area contributed by atoms with Gasteiger partial charge in [-0.05, 0) is 66.2 Å². The minimum Gasteiger partial charge on any atom is -0.300 e. The molecule has 8 heteroatoms. The van der Waals surface area contributed by atoms with Crippen LogP contribution in [0.1, 0.15) is 42.9 Å². The number of rotatable bonds is 4. The molecule has 7 nitrogen and oxygen atoms in total. The molecule has 2 aromatic rings. The van der Waals surface area contributed by atoms with Crippen molar-refractivity contribution in [2.45, 2.75) is 44.6 Å². The topological polar surface area (TPSA) is 85.6 Å². The molecule has 2 heterocycles. The molecule has 126 valence electrons. The Balaban J connectivity index is 1.28. The van der Waals surface area contributed by atoms with Crippen LogP contribution >= 0.6 is 11.3 Å². The first-order chi connectivity index (χ1) is 11.7. The van der Waals surface area contributed by atoms with E-state index < -0.39 is 0 Å². The average Bonchev–Trinajstić information content (AvgIpc) is 3.18. The van der Waals surface area contributed by atoms with Crippen LogP contribution < -0.4 is 5.32 Å². The number of carbonyl (C=O) groups excluding carboxylic acids is 1. The van der Waals surface area contributed by atoms with E-state index in [-0.39, 0.29) is 12.5 Å². The van der Waals surface area contributed by atoms with Gasteiger partial charge in [0.1, 0.15) is 12.9 Å². The highest BCUT2D eigenvalue weighted by Gasteiger charge is 2.49. The lowest BCUT2D eigenvalue weighted by Gasteiger charge is -2.54. The molecule has 0 radical (unpaired) electrons. The number of nitrogens with one attached hydrogen (secondary N) is 1. The SMILES string of the molecule is O=C(Cn1cnnn1)Nc1ncc(C2C3CC4CC(C3)CC2C4)s1. The van der Waals surface area contributed by atoms with Gasteiger partial charge in [0.15, 0.2) is 5.13 Å². The fraction of sp³-hybridized carbons (Fsp3) is 0.688. The Hall–Kier alpha value is -1.83. The van der Waals surface area contributed by atoms with Crippen LogP contribution in [0.2, 0.25) is 0 Å². The van der Waals surface area contributed by atoms with Crippen LogP contribution in [0, 0.1) is 23.7 Å². The molecule has 0 saturated heterocycles. The number of aromatic nitrogens is 5. The van der Waals surface area contributed by atoms with Gasteiger partial charge in [0.25, 0.3) is 0 Å². The standard InChI is InChI=1S/C16H20N6OS/c23-14(7-22-8-18-20-21-22)19-16-17-6-13(24-16)15-11-2-9-1-10(4-11)5-12(15)3-9/h6,8-12,15H,1-5,7H2,(H,17,19,23). The van der Waals surface area contributed by atoms with Crippen LogP contribution in [0.4, 0.5) is 5.13 Å². The Labute approximate surface area is 143 Å². The molecular formula is C16H20N6OS. The van der Waals surface area contributed by atoms with E-state index in [4.69, 9.17) is 0 Å². The molecule has 4 fully saturated rings. The van der Waals surface area contributed by atoms with Crippen LogP contribution in [0.5, 0.6) is 0 Å². The van der Waals surface area contributed by atoms with Gasteiger partial charge in [0.2, 0.25) is 5.91 Å². The molecule has 0 unspecified atom stereocenters. The minimum atomic E-state index is -0.145. The summed E-state index contributed by atoms with van der Waals surface area (Å²) in [6.07, 6.45) is 10.5. The summed E-state index contributed by atoms with van der Waals surface area (Å²) in [6.45, 7) is 0.111. The summed E-state index contributed by atoms with van der Waals surface area (Å²) in [7, 11) is 0. The zero-order chi connectivity index (χ0) is 16.1. The van der Waals surface area contributed by atoms with E-state index in [9.17, 15) is 4.79 Å². The summed E-state index contributed by atoms with van der Waals surface area (Å²) < 4.78 is 1.40. The fourth-order valence-electron chi connectivity index (χ4n) is 5.45. The molecule has 24 heavy (non-hydrogen) atoms. The highest BCUT2D eigenvalue weighted by atomic mass is 32.1. The van der Waals surface area contributed by atoms with E-state index in [0.29, 0.717) is 11.0 Å². The van der Waals surface area contributed by atoms with Crippen molar-refractivity contribution in [3.8, 4) is 0 Å². The van der Waals surface area contributed by atoms with Gasteiger partial charge in [0, 0.05) is 17.0 Å². The largest absolute Gasteiger partial charge is 0.300 e. The highest BCUT2D eigenvalue weighted by Crippen LogP contribution is 2.60. The third-order valence-electron chi connectivity index (χ3n) is 6.02. The van der Waals surface area contributed by atoms with Crippen molar-refractivity contribution in [1.82, 2.24) is 25.2 Å². The predicted octanol–water partition coefficient (Wildman–Crippen LogP) is 2.31. The van der Waals surface area contributed by atoms with Crippen molar-refractivity contribution in [2.24, 2.45) is 23.7 Å². The molecule has 0 atom stereocenters. The van der Waals surface area contributed by atoms with E-state index in [1.54, 1.807) is 11.3 Å². The van der Waals surface area contributed by atoms with Crippen molar-refractivity contribution >= 4 is 22.4 Å². The first kappa shape index (κ1) is 14.5.